The number of nitrogens with one attached hydrogen (secondary N) is 1. The largest absolute Gasteiger partial charge is 0.453 e. The highest BCUT2D eigenvalue weighted by atomic mass is 16.5. The van der Waals surface area contributed by atoms with Gasteiger partial charge in [-0.3, -0.25) is 4.68 Å². The zero-order chi connectivity index (χ0) is 15.4. The highest BCUT2D eigenvalue weighted by molar-refractivity contribution is 5.41. The van der Waals surface area contributed by atoms with Crippen LogP contribution < -0.4 is 10.1 Å². The summed E-state index contributed by atoms with van der Waals surface area (Å²) in [5, 5.41) is 7.86. The van der Waals surface area contributed by atoms with Crippen molar-refractivity contribution in [2.75, 3.05) is 6.54 Å². The van der Waals surface area contributed by atoms with Gasteiger partial charge in [0.2, 0.25) is 0 Å². The first-order valence-corrected chi connectivity index (χ1v) is 7.45. The third-order valence-electron chi connectivity index (χ3n) is 3.50. The molecule has 0 unspecified atom stereocenters. The fourth-order valence-corrected chi connectivity index (χ4v) is 2.26. The van der Waals surface area contributed by atoms with Gasteiger partial charge in [-0.25, -0.2) is 0 Å². The van der Waals surface area contributed by atoms with Gasteiger partial charge >= 0.3 is 0 Å². The lowest BCUT2D eigenvalue weighted by Gasteiger charge is -2.13. The van der Waals surface area contributed by atoms with Crippen molar-refractivity contribution < 1.29 is 4.74 Å². The van der Waals surface area contributed by atoms with Crippen molar-refractivity contribution in [3.05, 3.63) is 41.2 Å². The SMILES string of the molecule is Cc1nn(C)c(C)c1Oc1ccccc1CNCC(C)C. The van der Waals surface area contributed by atoms with Crippen LogP contribution in [0.4, 0.5) is 0 Å². The molecule has 4 heteroatoms. The standard InChI is InChI=1S/C17H25N3O/c1-12(2)10-18-11-15-8-6-7-9-16(15)21-17-13(3)19-20(5)14(17)4/h6-9,12,18H,10-11H2,1-5H3. The quantitative estimate of drug-likeness (QED) is 0.882. The highest BCUT2D eigenvalue weighted by Crippen LogP contribution is 2.30. The monoisotopic (exact) mass is 287 g/mol. The van der Waals surface area contributed by atoms with E-state index in [-0.39, 0.29) is 0 Å². The van der Waals surface area contributed by atoms with Gasteiger partial charge in [0.15, 0.2) is 5.75 Å². The Morgan fingerprint density at radius 2 is 1.95 bits per heavy atom. The number of hydrogen-bond acceptors (Lipinski definition) is 3. The molecule has 0 atom stereocenters. The van der Waals surface area contributed by atoms with Crippen molar-refractivity contribution in [3.8, 4) is 11.5 Å². The summed E-state index contributed by atoms with van der Waals surface area (Å²) in [5.41, 5.74) is 3.12. The van der Waals surface area contributed by atoms with E-state index in [1.807, 2.05) is 43.8 Å². The summed E-state index contributed by atoms with van der Waals surface area (Å²) >= 11 is 0. The number of nitrogens with zero attached hydrogens (tertiary/aromatic N) is 2. The fourth-order valence-electron chi connectivity index (χ4n) is 2.26. The van der Waals surface area contributed by atoms with E-state index < -0.39 is 0 Å². The fraction of sp³-hybridized carbons (Fsp3) is 0.471. The lowest BCUT2D eigenvalue weighted by molar-refractivity contribution is 0.462. The normalized spacial score (nSPS) is 11.1. The average Bonchev–Trinajstić information content (AvgIpc) is 2.67. The molecule has 0 spiro atoms. The Hall–Kier alpha value is -1.81. The molecule has 2 rings (SSSR count). The molecular weight excluding hydrogens is 262 g/mol. The van der Waals surface area contributed by atoms with Crippen LogP contribution in [0.25, 0.3) is 0 Å². The van der Waals surface area contributed by atoms with E-state index in [1.54, 1.807) is 0 Å². The van der Waals surface area contributed by atoms with E-state index in [1.165, 1.54) is 5.56 Å². The molecule has 0 bridgehead atoms. The summed E-state index contributed by atoms with van der Waals surface area (Å²) in [6, 6.07) is 8.16. The van der Waals surface area contributed by atoms with E-state index >= 15 is 0 Å². The molecule has 21 heavy (non-hydrogen) atoms. The zero-order valence-electron chi connectivity index (χ0n) is 13.6. The average molecular weight is 287 g/mol. The molecule has 0 amide bonds. The molecule has 0 aliphatic rings. The molecule has 1 aromatic carbocycles. The molecule has 0 aliphatic heterocycles. The summed E-state index contributed by atoms with van der Waals surface area (Å²) in [6.45, 7) is 10.2. The van der Waals surface area contributed by atoms with Crippen LogP contribution in [0, 0.1) is 19.8 Å². The smallest absolute Gasteiger partial charge is 0.171 e. The van der Waals surface area contributed by atoms with Crippen LogP contribution in [0.2, 0.25) is 0 Å². The predicted molar refractivity (Wildman–Crippen MR) is 85.7 cm³/mol. The minimum atomic E-state index is 0.640. The van der Waals surface area contributed by atoms with Gasteiger partial charge in [0, 0.05) is 19.2 Å². The third-order valence-corrected chi connectivity index (χ3v) is 3.50. The molecule has 1 heterocycles. The van der Waals surface area contributed by atoms with Gasteiger partial charge in [0.05, 0.1) is 5.69 Å². The highest BCUT2D eigenvalue weighted by Gasteiger charge is 2.13. The molecule has 1 aromatic heterocycles. The zero-order valence-corrected chi connectivity index (χ0v) is 13.6. The van der Waals surface area contributed by atoms with Crippen molar-refractivity contribution in [1.29, 1.82) is 0 Å². The van der Waals surface area contributed by atoms with Crippen LogP contribution in [0.3, 0.4) is 0 Å². The molecule has 4 nitrogen and oxygen atoms in total. The lowest BCUT2D eigenvalue weighted by Crippen LogP contribution is -2.19. The van der Waals surface area contributed by atoms with Gasteiger partial charge in [-0.05, 0) is 32.4 Å². The van der Waals surface area contributed by atoms with Gasteiger partial charge in [0.1, 0.15) is 11.4 Å². The van der Waals surface area contributed by atoms with E-state index in [2.05, 4.69) is 30.3 Å². The van der Waals surface area contributed by atoms with Gasteiger partial charge in [-0.2, -0.15) is 5.10 Å². The van der Waals surface area contributed by atoms with E-state index in [0.717, 1.165) is 36.0 Å². The number of aryl methyl sites for hydroxylation is 2. The number of para-hydroxylation sites is 1. The van der Waals surface area contributed by atoms with Crippen LogP contribution in [-0.4, -0.2) is 16.3 Å². The van der Waals surface area contributed by atoms with Crippen molar-refractivity contribution in [3.63, 3.8) is 0 Å². The first-order valence-electron chi connectivity index (χ1n) is 7.45. The Bertz CT molecular complexity index is 602. The summed E-state index contributed by atoms with van der Waals surface area (Å²) in [4.78, 5) is 0. The van der Waals surface area contributed by atoms with E-state index in [9.17, 15) is 0 Å². The minimum Gasteiger partial charge on any atom is -0.453 e. The number of ether oxygens (including phenoxy) is 1. The van der Waals surface area contributed by atoms with Crippen molar-refractivity contribution in [2.45, 2.75) is 34.2 Å². The Labute approximate surface area is 127 Å². The first-order chi connectivity index (χ1) is 9.99. The van der Waals surface area contributed by atoms with E-state index in [4.69, 9.17) is 4.74 Å². The number of benzene rings is 1. The molecule has 1 N–H and O–H groups in total. The second-order valence-corrected chi connectivity index (χ2v) is 5.86. The molecule has 0 radical (unpaired) electrons. The van der Waals surface area contributed by atoms with Crippen LogP contribution in [0.1, 0.15) is 30.8 Å². The van der Waals surface area contributed by atoms with Crippen molar-refractivity contribution >= 4 is 0 Å². The summed E-state index contributed by atoms with van der Waals surface area (Å²) in [7, 11) is 1.94. The van der Waals surface area contributed by atoms with Gasteiger partial charge in [0.25, 0.3) is 0 Å². The molecule has 0 saturated carbocycles. The molecule has 0 aliphatic carbocycles. The Morgan fingerprint density at radius 3 is 2.57 bits per heavy atom. The predicted octanol–water partition coefficient (Wildman–Crippen LogP) is 3.57. The summed E-state index contributed by atoms with van der Waals surface area (Å²) in [5.74, 6) is 2.39. The maximum atomic E-state index is 6.13. The first kappa shape index (κ1) is 15.6. The van der Waals surface area contributed by atoms with Crippen LogP contribution in [-0.2, 0) is 13.6 Å². The molecule has 0 saturated heterocycles. The summed E-state index contributed by atoms with van der Waals surface area (Å²) in [6.07, 6.45) is 0. The van der Waals surface area contributed by atoms with Crippen molar-refractivity contribution in [2.24, 2.45) is 13.0 Å². The Balaban J connectivity index is 2.16. The van der Waals surface area contributed by atoms with Gasteiger partial charge < -0.3 is 10.1 Å². The molecule has 0 fully saturated rings. The molecule has 2 aromatic rings. The second kappa shape index (κ2) is 6.76. The molecule has 114 valence electrons. The van der Waals surface area contributed by atoms with E-state index in [0.29, 0.717) is 5.92 Å². The third kappa shape index (κ3) is 3.85. The maximum Gasteiger partial charge on any atom is 0.171 e. The number of hydrogen-bond donors (Lipinski definition) is 1. The lowest BCUT2D eigenvalue weighted by atomic mass is 10.1. The van der Waals surface area contributed by atoms with Gasteiger partial charge in [-0.1, -0.05) is 32.0 Å². The Morgan fingerprint density at radius 1 is 1.24 bits per heavy atom. The minimum absolute atomic E-state index is 0.640. The summed E-state index contributed by atoms with van der Waals surface area (Å²) < 4.78 is 7.98. The second-order valence-electron chi connectivity index (χ2n) is 5.86. The Kier molecular flexibility index (Phi) is 5.02. The van der Waals surface area contributed by atoms with Gasteiger partial charge in [-0.15, -0.1) is 0 Å². The topological polar surface area (TPSA) is 39.1 Å². The van der Waals surface area contributed by atoms with Crippen LogP contribution in [0.15, 0.2) is 24.3 Å². The number of rotatable bonds is 6. The van der Waals surface area contributed by atoms with Crippen molar-refractivity contribution in [1.82, 2.24) is 15.1 Å². The number of aromatic nitrogens is 2. The molecular formula is C17H25N3O. The maximum absolute atomic E-state index is 6.13. The van der Waals surface area contributed by atoms with Crippen LogP contribution >= 0.6 is 0 Å². The van der Waals surface area contributed by atoms with Crippen LogP contribution in [0.5, 0.6) is 11.5 Å².